The van der Waals surface area contributed by atoms with E-state index in [0.717, 1.165) is 11.1 Å². The van der Waals surface area contributed by atoms with Crippen molar-refractivity contribution in [3.05, 3.63) is 71.7 Å². The molecule has 0 saturated heterocycles. The van der Waals surface area contributed by atoms with Gasteiger partial charge in [-0.1, -0.05) is 30.3 Å². The van der Waals surface area contributed by atoms with Crippen molar-refractivity contribution in [2.75, 3.05) is 0 Å². The third kappa shape index (κ3) is 4.73. The molecule has 0 radical (unpaired) electrons. The third-order valence-corrected chi connectivity index (χ3v) is 4.01. The van der Waals surface area contributed by atoms with Gasteiger partial charge >= 0.3 is 12.0 Å². The van der Waals surface area contributed by atoms with Gasteiger partial charge in [-0.25, -0.2) is 14.6 Å². The van der Waals surface area contributed by atoms with Crippen molar-refractivity contribution in [2.45, 2.75) is 26.5 Å². The Bertz CT molecular complexity index is 1010. The molecule has 1 atom stereocenters. The number of ether oxygens (including phenoxy) is 1. The maximum atomic E-state index is 12.2. The summed E-state index contributed by atoms with van der Waals surface area (Å²) in [5.41, 5.74) is 2.59. The summed E-state index contributed by atoms with van der Waals surface area (Å²) in [7, 11) is 0. The highest BCUT2D eigenvalue weighted by atomic mass is 16.5. The highest BCUT2D eigenvalue weighted by Gasteiger charge is 2.22. The van der Waals surface area contributed by atoms with Crippen LogP contribution in [-0.4, -0.2) is 33.4 Å². The van der Waals surface area contributed by atoms with E-state index in [1.807, 2.05) is 49.4 Å². The van der Waals surface area contributed by atoms with E-state index in [2.05, 4.69) is 15.6 Å². The molecule has 2 aromatic heterocycles. The van der Waals surface area contributed by atoms with E-state index in [1.54, 1.807) is 10.6 Å². The largest absolute Gasteiger partial charge is 0.448 e. The molecule has 0 aliphatic heterocycles. The number of urea groups is 1. The molecule has 144 valence electrons. The first kappa shape index (κ1) is 19.1. The van der Waals surface area contributed by atoms with Crippen molar-refractivity contribution in [1.29, 1.82) is 0 Å². The monoisotopic (exact) mass is 380 g/mol. The molecule has 8 nitrogen and oxygen atoms in total. The fraction of sp³-hybridized carbons (Fsp3) is 0.200. The highest BCUT2D eigenvalue weighted by Crippen LogP contribution is 2.09. The number of nitrogens with zero attached hydrogens (tertiary/aromatic N) is 2. The minimum absolute atomic E-state index is 0.0822. The highest BCUT2D eigenvalue weighted by molar-refractivity contribution is 5.98. The number of pyridine rings is 1. The first-order valence-corrected chi connectivity index (χ1v) is 8.71. The number of carbonyl (C=O) groups excluding carboxylic acids is 3. The number of hydrogen-bond donors (Lipinski definition) is 2. The van der Waals surface area contributed by atoms with Crippen LogP contribution in [0.5, 0.6) is 0 Å². The first-order chi connectivity index (χ1) is 13.4. The summed E-state index contributed by atoms with van der Waals surface area (Å²) in [5, 5.41) is 4.71. The number of fused-ring (bicyclic) bond motifs is 1. The lowest BCUT2D eigenvalue weighted by atomic mass is 10.2. The number of nitrogens with one attached hydrogen (secondary N) is 2. The van der Waals surface area contributed by atoms with Crippen LogP contribution in [0.4, 0.5) is 4.79 Å². The van der Waals surface area contributed by atoms with Gasteiger partial charge < -0.3 is 14.5 Å². The summed E-state index contributed by atoms with van der Waals surface area (Å²) in [5.74, 6) is -1.47. The molecule has 3 rings (SSSR count). The summed E-state index contributed by atoms with van der Waals surface area (Å²) in [6, 6.07) is 12.3. The molecule has 3 aromatic rings. The van der Waals surface area contributed by atoms with E-state index in [9.17, 15) is 14.4 Å². The Kier molecular flexibility index (Phi) is 5.69. The zero-order chi connectivity index (χ0) is 20.1. The zero-order valence-corrected chi connectivity index (χ0v) is 15.5. The lowest BCUT2D eigenvalue weighted by Crippen LogP contribution is -2.44. The predicted molar refractivity (Wildman–Crippen MR) is 102 cm³/mol. The van der Waals surface area contributed by atoms with Crippen molar-refractivity contribution in [3.8, 4) is 0 Å². The lowest BCUT2D eigenvalue weighted by Gasteiger charge is -2.12. The van der Waals surface area contributed by atoms with Crippen LogP contribution in [-0.2, 0) is 16.1 Å². The number of rotatable bonds is 5. The molecule has 0 spiro atoms. The molecular weight excluding hydrogens is 360 g/mol. The second-order valence-electron chi connectivity index (χ2n) is 6.30. The molecule has 28 heavy (non-hydrogen) atoms. The van der Waals surface area contributed by atoms with Crippen molar-refractivity contribution in [3.63, 3.8) is 0 Å². The van der Waals surface area contributed by atoms with E-state index in [-0.39, 0.29) is 12.2 Å². The number of imidazole rings is 1. The van der Waals surface area contributed by atoms with Crippen LogP contribution in [0.2, 0.25) is 0 Å². The van der Waals surface area contributed by atoms with E-state index < -0.39 is 24.0 Å². The summed E-state index contributed by atoms with van der Waals surface area (Å²) >= 11 is 0. The van der Waals surface area contributed by atoms with E-state index >= 15 is 0 Å². The Labute approximate surface area is 161 Å². The molecule has 0 bridgehead atoms. The number of benzene rings is 1. The average molecular weight is 380 g/mol. The SMILES string of the molecule is Cc1ccn2cc(C(=O)OC(C)C(=O)NC(=O)NCc3ccccc3)nc2c1. The van der Waals surface area contributed by atoms with Gasteiger partial charge in [0.2, 0.25) is 0 Å². The summed E-state index contributed by atoms with van der Waals surface area (Å²) in [4.78, 5) is 40.3. The minimum Gasteiger partial charge on any atom is -0.448 e. The standard InChI is InChI=1S/C20H20N4O4/c1-13-8-9-24-12-16(22-17(24)10-13)19(26)28-14(2)18(25)23-20(27)21-11-15-6-4-3-5-7-15/h3-10,12,14H,11H2,1-2H3,(H2,21,23,25,27). The number of esters is 1. The van der Waals surface area contributed by atoms with Crippen molar-refractivity contribution in [2.24, 2.45) is 0 Å². The molecule has 0 fully saturated rings. The molecule has 1 unspecified atom stereocenters. The number of aromatic nitrogens is 2. The van der Waals surface area contributed by atoms with Crippen molar-refractivity contribution in [1.82, 2.24) is 20.0 Å². The Balaban J connectivity index is 1.52. The Morgan fingerprint density at radius 2 is 1.93 bits per heavy atom. The lowest BCUT2D eigenvalue weighted by molar-refractivity contribution is -0.127. The van der Waals surface area contributed by atoms with Gasteiger partial charge in [-0.2, -0.15) is 0 Å². The average Bonchev–Trinajstić information content (AvgIpc) is 3.10. The van der Waals surface area contributed by atoms with E-state index in [0.29, 0.717) is 5.65 Å². The van der Waals surface area contributed by atoms with Gasteiger partial charge in [-0.05, 0) is 37.1 Å². The second kappa shape index (κ2) is 8.34. The molecule has 8 heteroatoms. The van der Waals surface area contributed by atoms with Crippen LogP contribution >= 0.6 is 0 Å². The Morgan fingerprint density at radius 1 is 1.18 bits per heavy atom. The van der Waals surface area contributed by atoms with E-state index in [1.165, 1.54) is 13.1 Å². The molecule has 1 aromatic carbocycles. The second-order valence-corrected chi connectivity index (χ2v) is 6.30. The van der Waals surface area contributed by atoms with Crippen molar-refractivity contribution >= 4 is 23.6 Å². The topological polar surface area (TPSA) is 102 Å². The number of hydrogen-bond acceptors (Lipinski definition) is 5. The number of amides is 3. The fourth-order valence-electron chi connectivity index (χ4n) is 2.49. The normalized spacial score (nSPS) is 11.6. The molecule has 2 heterocycles. The molecule has 0 aliphatic rings. The maximum Gasteiger partial charge on any atom is 0.359 e. The third-order valence-electron chi connectivity index (χ3n) is 4.01. The van der Waals surface area contributed by atoms with Crippen LogP contribution < -0.4 is 10.6 Å². The summed E-state index contributed by atoms with van der Waals surface area (Å²) in [6.45, 7) is 3.58. The van der Waals surface area contributed by atoms with Gasteiger partial charge in [0.1, 0.15) is 5.65 Å². The number of imide groups is 1. The smallest absolute Gasteiger partial charge is 0.359 e. The van der Waals surface area contributed by atoms with Crippen LogP contribution in [0.1, 0.15) is 28.5 Å². The van der Waals surface area contributed by atoms with Gasteiger partial charge in [-0.3, -0.25) is 10.1 Å². The first-order valence-electron chi connectivity index (χ1n) is 8.71. The van der Waals surface area contributed by atoms with Crippen LogP contribution in [0.25, 0.3) is 5.65 Å². The van der Waals surface area contributed by atoms with Crippen molar-refractivity contribution < 1.29 is 19.1 Å². The Hall–Kier alpha value is -3.68. The van der Waals surface area contributed by atoms with Gasteiger partial charge in [0.05, 0.1) is 0 Å². The Morgan fingerprint density at radius 3 is 2.68 bits per heavy atom. The summed E-state index contributed by atoms with van der Waals surface area (Å²) in [6.07, 6.45) is 2.15. The minimum atomic E-state index is -1.15. The zero-order valence-electron chi connectivity index (χ0n) is 15.5. The van der Waals surface area contributed by atoms with Gasteiger partial charge in [0.25, 0.3) is 5.91 Å². The number of aryl methyl sites for hydroxylation is 1. The molecule has 2 N–H and O–H groups in total. The molecule has 3 amide bonds. The van der Waals surface area contributed by atoms with Gasteiger partial charge in [0.15, 0.2) is 11.8 Å². The fourth-order valence-corrected chi connectivity index (χ4v) is 2.49. The maximum absolute atomic E-state index is 12.2. The molecule has 0 saturated carbocycles. The molecular formula is C20H20N4O4. The quantitative estimate of drug-likeness (QED) is 0.661. The van der Waals surface area contributed by atoms with Gasteiger partial charge in [-0.15, -0.1) is 0 Å². The summed E-state index contributed by atoms with van der Waals surface area (Å²) < 4.78 is 6.80. The number of carbonyl (C=O) groups is 3. The van der Waals surface area contributed by atoms with E-state index in [4.69, 9.17) is 4.74 Å². The predicted octanol–water partition coefficient (Wildman–Crippen LogP) is 2.21. The van der Waals surface area contributed by atoms with Crippen LogP contribution in [0, 0.1) is 6.92 Å². The molecule has 0 aliphatic carbocycles. The van der Waals surface area contributed by atoms with Gasteiger partial charge in [0, 0.05) is 18.9 Å². The van der Waals surface area contributed by atoms with Crippen LogP contribution in [0.3, 0.4) is 0 Å². The van der Waals surface area contributed by atoms with Crippen LogP contribution in [0.15, 0.2) is 54.9 Å².